The van der Waals surface area contributed by atoms with Crippen molar-refractivity contribution >= 4 is 26.0 Å². The molecule has 0 aromatic carbocycles. The van der Waals surface area contributed by atoms with Gasteiger partial charge in [0.15, 0.2) is 0 Å². The first-order valence-electron chi connectivity index (χ1n) is 3.65. The molecule has 0 atom stereocenters. The third-order valence-electron chi connectivity index (χ3n) is 1.26. The van der Waals surface area contributed by atoms with Crippen LogP contribution in [0.5, 0.6) is 0 Å². The first-order chi connectivity index (χ1) is 5.12. The minimum Gasteiger partial charge on any atom is -0.215 e. The molecule has 68 valence electrons. The maximum absolute atomic E-state index is 10.8. The Hall–Kier alpha value is 0.390. The zero-order valence-electron chi connectivity index (χ0n) is 6.64. The molecule has 0 spiro atoms. The Kier molecular flexibility index (Phi) is 6.18. The van der Waals surface area contributed by atoms with Crippen molar-refractivity contribution in [1.29, 1.82) is 0 Å². The lowest BCUT2D eigenvalue weighted by Crippen LogP contribution is -2.26. The van der Waals surface area contributed by atoms with Crippen molar-refractivity contribution in [3.63, 3.8) is 0 Å². The lowest BCUT2D eigenvalue weighted by Gasteiger charge is -2.01. The van der Waals surface area contributed by atoms with Gasteiger partial charge in [0.25, 0.3) is 0 Å². The van der Waals surface area contributed by atoms with Gasteiger partial charge in [-0.2, -0.15) is 0 Å². The normalized spacial score (nSPS) is 11.8. The maximum Gasteiger partial charge on any atom is 0.211 e. The summed E-state index contributed by atoms with van der Waals surface area (Å²) in [5, 5.41) is 0.931. The highest BCUT2D eigenvalue weighted by atomic mass is 79.9. The van der Waals surface area contributed by atoms with Crippen molar-refractivity contribution < 1.29 is 8.42 Å². The van der Waals surface area contributed by atoms with E-state index in [1.165, 1.54) is 0 Å². The minimum atomic E-state index is -2.97. The first-order valence-corrected chi connectivity index (χ1v) is 6.43. The van der Waals surface area contributed by atoms with Crippen molar-refractivity contribution in [2.75, 3.05) is 17.6 Å². The molecule has 11 heavy (non-hydrogen) atoms. The Morgan fingerprint density at radius 1 is 1.36 bits per heavy atom. The van der Waals surface area contributed by atoms with Gasteiger partial charge in [0.2, 0.25) is 10.0 Å². The van der Waals surface area contributed by atoms with Gasteiger partial charge in [0.05, 0.1) is 5.75 Å². The Morgan fingerprint density at radius 3 is 2.45 bits per heavy atom. The summed E-state index contributed by atoms with van der Waals surface area (Å²) in [4.78, 5) is 0. The lowest BCUT2D eigenvalue weighted by atomic mass is 10.3. The van der Waals surface area contributed by atoms with Gasteiger partial charge >= 0.3 is 0 Å². The van der Waals surface area contributed by atoms with Crippen molar-refractivity contribution in [2.45, 2.75) is 19.8 Å². The van der Waals surface area contributed by atoms with Gasteiger partial charge in [0.1, 0.15) is 0 Å². The van der Waals surface area contributed by atoms with Gasteiger partial charge in [0, 0.05) is 11.9 Å². The summed E-state index contributed by atoms with van der Waals surface area (Å²) in [6, 6.07) is 0. The largest absolute Gasteiger partial charge is 0.215 e. The summed E-state index contributed by atoms with van der Waals surface area (Å²) in [6.45, 7) is 2.19. The third-order valence-corrected chi connectivity index (χ3v) is 3.23. The minimum absolute atomic E-state index is 0.168. The molecule has 0 radical (unpaired) electrons. The maximum atomic E-state index is 10.8. The number of sulfonamides is 1. The molecule has 5 heteroatoms. The topological polar surface area (TPSA) is 46.2 Å². The zero-order chi connectivity index (χ0) is 8.74. The van der Waals surface area contributed by atoms with Crippen LogP contribution in [-0.4, -0.2) is 26.0 Å². The highest BCUT2D eigenvalue weighted by Gasteiger charge is 2.03. The number of rotatable bonds is 6. The lowest BCUT2D eigenvalue weighted by molar-refractivity contribution is 0.580. The van der Waals surface area contributed by atoms with Crippen LogP contribution in [0.1, 0.15) is 19.8 Å². The van der Waals surface area contributed by atoms with Crippen LogP contribution in [-0.2, 0) is 10.0 Å². The quantitative estimate of drug-likeness (QED) is 0.561. The molecule has 0 bridgehead atoms. The molecule has 0 rings (SSSR count). The molecule has 0 heterocycles. The van der Waals surface area contributed by atoms with Crippen LogP contribution in [0.25, 0.3) is 0 Å². The standard InChI is InChI=1S/C6H14BrNO2S/c1-2-11(9,10)8-6-4-3-5-7/h8H,2-6H2,1H3. The Balaban J connectivity index is 3.39. The zero-order valence-corrected chi connectivity index (χ0v) is 9.04. The Bertz CT molecular complexity index is 179. The van der Waals surface area contributed by atoms with E-state index < -0.39 is 10.0 Å². The van der Waals surface area contributed by atoms with Crippen LogP contribution < -0.4 is 4.72 Å². The van der Waals surface area contributed by atoms with E-state index in [1.807, 2.05) is 0 Å². The summed E-state index contributed by atoms with van der Waals surface area (Å²) in [7, 11) is -2.97. The van der Waals surface area contributed by atoms with Gasteiger partial charge in [-0.05, 0) is 19.8 Å². The third kappa shape index (κ3) is 6.77. The molecule has 0 fully saturated rings. The second kappa shape index (κ2) is 5.97. The molecule has 0 saturated carbocycles. The smallest absolute Gasteiger partial charge is 0.211 e. The second-order valence-corrected chi connectivity index (χ2v) is 5.08. The molecule has 0 saturated heterocycles. The monoisotopic (exact) mass is 243 g/mol. The van der Waals surface area contributed by atoms with Crippen molar-refractivity contribution in [3.8, 4) is 0 Å². The number of unbranched alkanes of at least 4 members (excludes halogenated alkanes) is 1. The Labute approximate surface area is 76.7 Å². The molecular weight excluding hydrogens is 230 g/mol. The fourth-order valence-electron chi connectivity index (χ4n) is 0.549. The fourth-order valence-corrected chi connectivity index (χ4v) is 1.61. The summed E-state index contributed by atoms with van der Waals surface area (Å²) in [5.74, 6) is 0.168. The Morgan fingerprint density at radius 2 is 2.00 bits per heavy atom. The molecule has 0 amide bonds. The summed E-state index contributed by atoms with van der Waals surface area (Å²) >= 11 is 3.27. The number of nitrogens with one attached hydrogen (secondary N) is 1. The van der Waals surface area contributed by atoms with Crippen LogP contribution in [0, 0.1) is 0 Å². The van der Waals surface area contributed by atoms with Crippen LogP contribution in [0.3, 0.4) is 0 Å². The highest BCUT2D eigenvalue weighted by Crippen LogP contribution is 1.92. The van der Waals surface area contributed by atoms with Crippen molar-refractivity contribution in [1.82, 2.24) is 4.72 Å². The van der Waals surface area contributed by atoms with E-state index in [0.717, 1.165) is 18.2 Å². The van der Waals surface area contributed by atoms with Crippen LogP contribution in [0.4, 0.5) is 0 Å². The van der Waals surface area contributed by atoms with E-state index in [0.29, 0.717) is 6.54 Å². The van der Waals surface area contributed by atoms with Crippen LogP contribution in [0.2, 0.25) is 0 Å². The van der Waals surface area contributed by atoms with E-state index in [9.17, 15) is 8.42 Å². The van der Waals surface area contributed by atoms with E-state index in [-0.39, 0.29) is 5.75 Å². The average molecular weight is 244 g/mol. The average Bonchev–Trinajstić information content (AvgIpc) is 1.99. The van der Waals surface area contributed by atoms with E-state index >= 15 is 0 Å². The molecule has 0 unspecified atom stereocenters. The van der Waals surface area contributed by atoms with E-state index in [4.69, 9.17) is 0 Å². The number of hydrogen-bond acceptors (Lipinski definition) is 2. The molecule has 1 N–H and O–H groups in total. The van der Waals surface area contributed by atoms with Crippen LogP contribution >= 0.6 is 15.9 Å². The van der Waals surface area contributed by atoms with E-state index in [1.54, 1.807) is 6.92 Å². The second-order valence-electron chi connectivity index (χ2n) is 2.19. The summed E-state index contributed by atoms with van der Waals surface area (Å²) in [5.41, 5.74) is 0. The van der Waals surface area contributed by atoms with Gasteiger partial charge in [-0.25, -0.2) is 13.1 Å². The summed E-state index contributed by atoms with van der Waals surface area (Å²) < 4.78 is 24.2. The van der Waals surface area contributed by atoms with E-state index in [2.05, 4.69) is 20.7 Å². The van der Waals surface area contributed by atoms with Gasteiger partial charge in [-0.15, -0.1) is 0 Å². The number of halogens is 1. The highest BCUT2D eigenvalue weighted by molar-refractivity contribution is 9.09. The van der Waals surface area contributed by atoms with Gasteiger partial charge < -0.3 is 0 Å². The van der Waals surface area contributed by atoms with Crippen molar-refractivity contribution in [2.24, 2.45) is 0 Å². The molecule has 0 aliphatic rings. The first kappa shape index (κ1) is 11.4. The molecule has 0 aliphatic heterocycles. The van der Waals surface area contributed by atoms with Crippen LogP contribution in [0.15, 0.2) is 0 Å². The van der Waals surface area contributed by atoms with Crippen molar-refractivity contribution in [3.05, 3.63) is 0 Å². The molecule has 0 aromatic rings. The number of alkyl halides is 1. The number of hydrogen-bond donors (Lipinski definition) is 1. The predicted octanol–water partition coefficient (Wildman–Crippen LogP) is 1.10. The summed E-state index contributed by atoms with van der Waals surface area (Å²) in [6.07, 6.45) is 1.90. The van der Waals surface area contributed by atoms with Gasteiger partial charge in [-0.1, -0.05) is 15.9 Å². The molecule has 0 aliphatic carbocycles. The fraction of sp³-hybridized carbons (Fsp3) is 1.00. The molecule has 0 aromatic heterocycles. The predicted molar refractivity (Wildman–Crippen MR) is 50.5 cm³/mol. The molecular formula is C6H14BrNO2S. The molecule has 3 nitrogen and oxygen atoms in total. The SMILES string of the molecule is CCS(=O)(=O)NCCCCBr. The van der Waals surface area contributed by atoms with Gasteiger partial charge in [-0.3, -0.25) is 0 Å².